The third-order valence-corrected chi connectivity index (χ3v) is 7.74. The predicted molar refractivity (Wildman–Crippen MR) is 153 cm³/mol. The van der Waals surface area contributed by atoms with Crippen LogP contribution in [0.4, 0.5) is 11.4 Å². The number of rotatable bonds is 8. The van der Waals surface area contributed by atoms with Crippen LogP contribution in [0.15, 0.2) is 48.5 Å². The van der Waals surface area contributed by atoms with Crippen molar-refractivity contribution in [1.29, 1.82) is 0 Å². The first-order valence-electron chi connectivity index (χ1n) is 14.2. The lowest BCUT2D eigenvalue weighted by atomic mass is 9.98. The summed E-state index contributed by atoms with van der Waals surface area (Å²) >= 11 is 0. The van der Waals surface area contributed by atoms with E-state index in [1.54, 1.807) is 48.5 Å². The zero-order chi connectivity index (χ0) is 27.8. The number of carbonyl (C=O) groups is 4. The molecule has 2 aliphatic rings. The Morgan fingerprint density at radius 1 is 0.667 bits per heavy atom. The summed E-state index contributed by atoms with van der Waals surface area (Å²) in [5.41, 5.74) is 2.28. The van der Waals surface area contributed by atoms with Crippen molar-refractivity contribution in [1.82, 2.24) is 9.80 Å². The van der Waals surface area contributed by atoms with Gasteiger partial charge in [0, 0.05) is 61.5 Å². The number of nitrogens with zero attached hydrogens (tertiary/aromatic N) is 2. The summed E-state index contributed by atoms with van der Waals surface area (Å²) in [6.07, 6.45) is 4.79. The molecular formula is C31H40N4O4. The Morgan fingerprint density at radius 2 is 1.05 bits per heavy atom. The van der Waals surface area contributed by atoms with Crippen LogP contribution in [-0.4, -0.2) is 59.6 Å². The van der Waals surface area contributed by atoms with Crippen molar-refractivity contribution in [2.45, 2.75) is 58.8 Å². The molecule has 2 aromatic carbocycles. The van der Waals surface area contributed by atoms with Gasteiger partial charge < -0.3 is 20.4 Å². The molecule has 0 saturated carbocycles. The minimum atomic E-state index is -0.206. The Morgan fingerprint density at radius 3 is 1.44 bits per heavy atom. The maximum Gasteiger partial charge on any atom is 0.253 e. The van der Waals surface area contributed by atoms with Crippen molar-refractivity contribution < 1.29 is 19.2 Å². The first kappa shape index (κ1) is 28.3. The molecule has 2 N–H and O–H groups in total. The van der Waals surface area contributed by atoms with Crippen molar-refractivity contribution in [3.63, 3.8) is 0 Å². The first-order chi connectivity index (χ1) is 18.8. The Balaban J connectivity index is 1.21. The van der Waals surface area contributed by atoms with E-state index in [1.165, 1.54) is 0 Å². The van der Waals surface area contributed by atoms with Gasteiger partial charge in [0.25, 0.3) is 11.8 Å². The van der Waals surface area contributed by atoms with Gasteiger partial charge in [0.15, 0.2) is 0 Å². The number of benzene rings is 2. The van der Waals surface area contributed by atoms with Crippen LogP contribution in [0.3, 0.4) is 0 Å². The van der Waals surface area contributed by atoms with E-state index in [4.69, 9.17) is 0 Å². The molecule has 0 bridgehead atoms. The van der Waals surface area contributed by atoms with Gasteiger partial charge in [0.05, 0.1) is 0 Å². The van der Waals surface area contributed by atoms with Crippen LogP contribution in [-0.2, 0) is 9.59 Å². The fraction of sp³-hybridized carbons (Fsp3) is 0.484. The highest BCUT2D eigenvalue weighted by Gasteiger charge is 2.23. The molecule has 0 unspecified atom stereocenters. The average Bonchev–Trinajstić information content (AvgIpc) is 2.93. The molecule has 2 aromatic rings. The van der Waals surface area contributed by atoms with Crippen LogP contribution in [0, 0.1) is 11.8 Å². The predicted octanol–water partition coefficient (Wildman–Crippen LogP) is 5.18. The molecule has 4 amide bonds. The number of nitrogens with one attached hydrogen (secondary N) is 2. The van der Waals surface area contributed by atoms with Crippen molar-refractivity contribution in [3.05, 3.63) is 59.7 Å². The Labute approximate surface area is 231 Å². The summed E-state index contributed by atoms with van der Waals surface area (Å²) in [5, 5.41) is 5.68. The zero-order valence-corrected chi connectivity index (χ0v) is 23.1. The number of carbonyl (C=O) groups excluding carboxylic acids is 4. The van der Waals surface area contributed by atoms with Gasteiger partial charge in [-0.2, -0.15) is 0 Å². The van der Waals surface area contributed by atoms with Gasteiger partial charge in [-0.15, -0.1) is 0 Å². The van der Waals surface area contributed by atoms with Crippen LogP contribution in [0.5, 0.6) is 0 Å². The Bertz CT molecular complexity index is 1090. The van der Waals surface area contributed by atoms with Gasteiger partial charge in [-0.1, -0.05) is 26.0 Å². The standard InChI is InChI=1S/C31H40N4O4/c1-22-12-16-34(17-13-22)30(38)24-6-3-8-26(20-24)32-28(36)10-5-11-29(37)33-27-9-4-7-25(21-27)31(39)35-18-14-23(2)15-19-35/h3-4,6-9,20-23H,5,10-19H2,1-2H3,(H,32,36)(H,33,37). The molecular weight excluding hydrogens is 492 g/mol. The van der Waals surface area contributed by atoms with Crippen LogP contribution in [0.1, 0.15) is 79.5 Å². The van der Waals surface area contributed by atoms with E-state index >= 15 is 0 Å². The molecule has 39 heavy (non-hydrogen) atoms. The number of hydrogen-bond donors (Lipinski definition) is 2. The molecule has 0 atom stereocenters. The van der Waals surface area contributed by atoms with Gasteiger partial charge in [0.1, 0.15) is 0 Å². The van der Waals surface area contributed by atoms with Gasteiger partial charge in [-0.3, -0.25) is 19.2 Å². The van der Waals surface area contributed by atoms with E-state index in [-0.39, 0.29) is 36.5 Å². The molecule has 0 aliphatic carbocycles. The normalized spacial score (nSPS) is 16.6. The van der Waals surface area contributed by atoms with Gasteiger partial charge in [0.2, 0.25) is 11.8 Å². The van der Waals surface area contributed by atoms with E-state index < -0.39 is 0 Å². The molecule has 208 valence electrons. The van der Waals surface area contributed by atoms with E-state index in [2.05, 4.69) is 24.5 Å². The highest BCUT2D eigenvalue weighted by atomic mass is 16.2. The van der Waals surface area contributed by atoms with Crippen LogP contribution < -0.4 is 10.6 Å². The summed E-state index contributed by atoms with van der Waals surface area (Å²) in [5.74, 6) is 0.858. The summed E-state index contributed by atoms with van der Waals surface area (Å²) in [7, 11) is 0. The van der Waals surface area contributed by atoms with Gasteiger partial charge in [-0.25, -0.2) is 0 Å². The van der Waals surface area contributed by atoms with Crippen molar-refractivity contribution in [3.8, 4) is 0 Å². The fourth-order valence-electron chi connectivity index (χ4n) is 5.10. The molecule has 0 spiro atoms. The maximum atomic E-state index is 12.8. The molecule has 8 nitrogen and oxygen atoms in total. The van der Waals surface area contributed by atoms with E-state index in [0.717, 1.165) is 51.9 Å². The van der Waals surface area contributed by atoms with Crippen molar-refractivity contribution >= 4 is 35.0 Å². The van der Waals surface area contributed by atoms with Crippen molar-refractivity contribution in [2.24, 2.45) is 11.8 Å². The molecule has 2 saturated heterocycles. The monoisotopic (exact) mass is 532 g/mol. The molecule has 2 aliphatic heterocycles. The fourth-order valence-corrected chi connectivity index (χ4v) is 5.10. The van der Waals surface area contributed by atoms with Gasteiger partial charge >= 0.3 is 0 Å². The highest BCUT2D eigenvalue weighted by Crippen LogP contribution is 2.21. The lowest BCUT2D eigenvalue weighted by molar-refractivity contribution is -0.117. The summed E-state index contributed by atoms with van der Waals surface area (Å²) in [6.45, 7) is 7.46. The SMILES string of the molecule is CC1CCN(C(=O)c2cccc(NC(=O)CCCC(=O)Nc3cccc(C(=O)N4CCC(C)CC4)c3)c2)CC1. The van der Waals surface area contributed by atoms with E-state index in [0.29, 0.717) is 40.8 Å². The van der Waals surface area contributed by atoms with Gasteiger partial charge in [-0.05, 0) is 80.3 Å². The Kier molecular flexibility index (Phi) is 9.74. The number of anilines is 2. The van der Waals surface area contributed by atoms with Crippen LogP contribution in [0.2, 0.25) is 0 Å². The van der Waals surface area contributed by atoms with Crippen LogP contribution >= 0.6 is 0 Å². The minimum absolute atomic E-state index is 0.00836. The Hall–Kier alpha value is -3.68. The molecule has 0 aromatic heterocycles. The topological polar surface area (TPSA) is 98.8 Å². The molecule has 0 radical (unpaired) electrons. The molecule has 8 heteroatoms. The lowest BCUT2D eigenvalue weighted by Gasteiger charge is -2.30. The third kappa shape index (κ3) is 8.15. The maximum absolute atomic E-state index is 12.8. The second-order valence-electron chi connectivity index (χ2n) is 11.1. The zero-order valence-electron chi connectivity index (χ0n) is 23.1. The number of amides is 4. The molecule has 2 fully saturated rings. The quantitative estimate of drug-likeness (QED) is 0.490. The molecule has 4 rings (SSSR count). The first-order valence-corrected chi connectivity index (χ1v) is 14.2. The number of piperidine rings is 2. The van der Waals surface area contributed by atoms with Crippen LogP contribution in [0.25, 0.3) is 0 Å². The summed E-state index contributed by atoms with van der Waals surface area (Å²) in [6, 6.07) is 14.0. The second kappa shape index (κ2) is 13.4. The number of likely N-dealkylation sites (tertiary alicyclic amines) is 2. The summed E-state index contributed by atoms with van der Waals surface area (Å²) in [4.78, 5) is 54.4. The average molecular weight is 533 g/mol. The minimum Gasteiger partial charge on any atom is -0.339 e. The van der Waals surface area contributed by atoms with Crippen molar-refractivity contribution in [2.75, 3.05) is 36.8 Å². The summed E-state index contributed by atoms with van der Waals surface area (Å²) < 4.78 is 0. The third-order valence-electron chi connectivity index (χ3n) is 7.74. The van der Waals surface area contributed by atoms with E-state index in [9.17, 15) is 19.2 Å². The highest BCUT2D eigenvalue weighted by molar-refractivity contribution is 5.98. The smallest absolute Gasteiger partial charge is 0.253 e. The molecule has 2 heterocycles. The number of hydrogen-bond acceptors (Lipinski definition) is 4. The van der Waals surface area contributed by atoms with E-state index in [1.807, 2.05) is 9.80 Å². The lowest BCUT2D eigenvalue weighted by Crippen LogP contribution is -2.37. The largest absolute Gasteiger partial charge is 0.339 e. The second-order valence-corrected chi connectivity index (χ2v) is 11.1.